The molecule has 0 aliphatic carbocycles. The molecule has 2 aromatic rings. The van der Waals surface area contributed by atoms with Crippen LogP contribution in [0.15, 0.2) is 28.1 Å². The van der Waals surface area contributed by atoms with Crippen molar-refractivity contribution >= 4 is 56.4 Å². The minimum Gasteiger partial charge on any atom is -0.461 e. The van der Waals surface area contributed by atoms with Crippen LogP contribution in [0.25, 0.3) is 0 Å². The molecule has 0 radical (unpaired) electrons. The van der Waals surface area contributed by atoms with Crippen LogP contribution >= 0.6 is 38.9 Å². The summed E-state index contributed by atoms with van der Waals surface area (Å²) in [6.45, 7) is 1.97. The summed E-state index contributed by atoms with van der Waals surface area (Å²) in [5, 5.41) is 4.89. The van der Waals surface area contributed by atoms with Gasteiger partial charge in [-0.25, -0.2) is 9.78 Å². The van der Waals surface area contributed by atoms with E-state index >= 15 is 0 Å². The fourth-order valence-electron chi connectivity index (χ4n) is 1.44. The molecule has 0 atom stereocenters. The first kappa shape index (κ1) is 15.9. The smallest absolute Gasteiger partial charge is 0.367 e. The zero-order valence-corrected chi connectivity index (χ0v) is 14.0. The van der Waals surface area contributed by atoms with Crippen molar-refractivity contribution in [2.45, 2.75) is 6.92 Å². The number of thiazole rings is 1. The molecule has 1 N–H and O–H groups in total. The van der Waals surface area contributed by atoms with Crippen molar-refractivity contribution in [2.75, 3.05) is 11.9 Å². The topological polar surface area (TPSA) is 68.3 Å². The summed E-state index contributed by atoms with van der Waals surface area (Å²) in [5.74, 6) is -0.945. The van der Waals surface area contributed by atoms with Gasteiger partial charge in [-0.3, -0.25) is 4.79 Å². The summed E-state index contributed by atoms with van der Waals surface area (Å²) in [6.07, 6.45) is 0. The SMILES string of the molecule is CCOC(=O)c1nc(C(=O)Nc2ccc(Cl)cc2Br)cs1. The van der Waals surface area contributed by atoms with Crippen LogP contribution in [-0.4, -0.2) is 23.5 Å². The Kier molecular flexibility index (Phi) is 5.33. The maximum Gasteiger partial charge on any atom is 0.367 e. The van der Waals surface area contributed by atoms with Crippen LogP contribution in [0.1, 0.15) is 27.2 Å². The normalized spacial score (nSPS) is 10.2. The number of ether oxygens (including phenoxy) is 1. The predicted molar refractivity (Wildman–Crippen MR) is 85.2 cm³/mol. The van der Waals surface area contributed by atoms with Crippen molar-refractivity contribution in [2.24, 2.45) is 0 Å². The van der Waals surface area contributed by atoms with Gasteiger partial charge >= 0.3 is 5.97 Å². The number of aromatic nitrogens is 1. The van der Waals surface area contributed by atoms with Crippen LogP contribution in [0, 0.1) is 0 Å². The maximum absolute atomic E-state index is 12.1. The number of hydrogen-bond acceptors (Lipinski definition) is 5. The van der Waals surface area contributed by atoms with Crippen molar-refractivity contribution < 1.29 is 14.3 Å². The van der Waals surface area contributed by atoms with Crippen molar-refractivity contribution in [1.82, 2.24) is 4.98 Å². The van der Waals surface area contributed by atoms with Crippen molar-refractivity contribution in [1.29, 1.82) is 0 Å². The quantitative estimate of drug-likeness (QED) is 0.803. The standard InChI is InChI=1S/C13H10BrClN2O3S/c1-2-20-13(19)12-17-10(6-21-12)11(18)16-9-4-3-7(15)5-8(9)14/h3-6H,2H2,1H3,(H,16,18). The van der Waals surface area contributed by atoms with Crippen molar-refractivity contribution in [3.63, 3.8) is 0 Å². The molecule has 0 saturated carbocycles. The minimum absolute atomic E-state index is 0.150. The second-order valence-electron chi connectivity index (χ2n) is 3.84. The molecule has 0 spiro atoms. The first-order valence-corrected chi connectivity index (χ1v) is 7.95. The van der Waals surface area contributed by atoms with E-state index in [1.807, 2.05) is 0 Å². The van der Waals surface area contributed by atoms with Gasteiger partial charge in [-0.2, -0.15) is 0 Å². The molecule has 8 heteroatoms. The highest BCUT2D eigenvalue weighted by molar-refractivity contribution is 9.10. The highest BCUT2D eigenvalue weighted by atomic mass is 79.9. The van der Waals surface area contributed by atoms with E-state index in [1.54, 1.807) is 25.1 Å². The molecule has 0 fully saturated rings. The highest BCUT2D eigenvalue weighted by Crippen LogP contribution is 2.26. The summed E-state index contributed by atoms with van der Waals surface area (Å²) in [5.41, 5.74) is 0.722. The van der Waals surface area contributed by atoms with Crippen molar-refractivity contribution in [3.05, 3.63) is 43.8 Å². The van der Waals surface area contributed by atoms with E-state index in [-0.39, 0.29) is 17.3 Å². The van der Waals surface area contributed by atoms with E-state index in [9.17, 15) is 9.59 Å². The number of halogens is 2. The third-order valence-corrected chi connectivity index (χ3v) is 4.08. The lowest BCUT2D eigenvalue weighted by Gasteiger charge is -2.05. The van der Waals surface area contributed by atoms with Gasteiger partial charge in [0.1, 0.15) is 5.69 Å². The maximum atomic E-state index is 12.1. The first-order chi connectivity index (χ1) is 10.0. The van der Waals surface area contributed by atoms with Gasteiger partial charge in [-0.05, 0) is 41.1 Å². The lowest BCUT2D eigenvalue weighted by atomic mass is 10.3. The van der Waals surface area contributed by atoms with Gasteiger partial charge in [0.2, 0.25) is 5.01 Å². The Balaban J connectivity index is 2.12. The molecule has 0 aliphatic heterocycles. The number of carbonyl (C=O) groups is 2. The zero-order chi connectivity index (χ0) is 15.4. The van der Waals surface area contributed by atoms with E-state index in [4.69, 9.17) is 16.3 Å². The third-order valence-electron chi connectivity index (χ3n) is 2.37. The largest absolute Gasteiger partial charge is 0.461 e. The molecular formula is C13H10BrClN2O3S. The second kappa shape index (κ2) is 7.02. The molecule has 5 nitrogen and oxygen atoms in total. The van der Waals surface area contributed by atoms with Crippen LogP contribution in [0.3, 0.4) is 0 Å². The number of nitrogens with zero attached hydrogens (tertiary/aromatic N) is 1. The summed E-state index contributed by atoms with van der Waals surface area (Å²) in [4.78, 5) is 27.5. The molecule has 0 bridgehead atoms. The Bertz CT molecular complexity index is 690. The van der Waals surface area contributed by atoms with E-state index in [0.717, 1.165) is 11.3 Å². The lowest BCUT2D eigenvalue weighted by Crippen LogP contribution is -2.13. The monoisotopic (exact) mass is 388 g/mol. The molecule has 1 aromatic heterocycles. The van der Waals surface area contributed by atoms with E-state index < -0.39 is 11.9 Å². The van der Waals surface area contributed by atoms with Gasteiger partial charge in [0, 0.05) is 14.9 Å². The van der Waals surface area contributed by atoms with Gasteiger partial charge in [0.25, 0.3) is 5.91 Å². The Morgan fingerprint density at radius 2 is 2.24 bits per heavy atom. The van der Waals surface area contributed by atoms with E-state index in [2.05, 4.69) is 26.2 Å². The minimum atomic E-state index is -0.533. The number of hydrogen-bond donors (Lipinski definition) is 1. The summed E-state index contributed by atoms with van der Waals surface area (Å²) in [7, 11) is 0. The summed E-state index contributed by atoms with van der Waals surface area (Å²) >= 11 is 10.2. The first-order valence-electron chi connectivity index (χ1n) is 5.90. The third kappa shape index (κ3) is 4.03. The predicted octanol–water partition coefficient (Wildman–Crippen LogP) is 3.99. The number of anilines is 1. The van der Waals surface area contributed by atoms with Crippen LogP contribution in [0.2, 0.25) is 5.02 Å². The second-order valence-corrected chi connectivity index (χ2v) is 5.99. The number of nitrogens with one attached hydrogen (secondary N) is 1. The molecule has 0 saturated heterocycles. The van der Waals surface area contributed by atoms with Gasteiger partial charge in [0.15, 0.2) is 0 Å². The van der Waals surface area contributed by atoms with Crippen LogP contribution in [0.4, 0.5) is 5.69 Å². The van der Waals surface area contributed by atoms with Crippen LogP contribution in [0.5, 0.6) is 0 Å². The van der Waals surface area contributed by atoms with E-state index in [1.165, 1.54) is 5.38 Å². The molecule has 0 unspecified atom stereocenters. The van der Waals surface area contributed by atoms with Gasteiger partial charge < -0.3 is 10.1 Å². The molecule has 1 amide bonds. The van der Waals surface area contributed by atoms with Gasteiger partial charge in [0.05, 0.1) is 12.3 Å². The number of benzene rings is 1. The summed E-state index contributed by atoms with van der Waals surface area (Å²) < 4.78 is 5.48. The molecule has 2 rings (SSSR count). The Morgan fingerprint density at radius 1 is 1.48 bits per heavy atom. The number of carbonyl (C=O) groups excluding carboxylic acids is 2. The van der Waals surface area contributed by atoms with Crippen molar-refractivity contribution in [3.8, 4) is 0 Å². The molecule has 21 heavy (non-hydrogen) atoms. The number of amides is 1. The molecular weight excluding hydrogens is 380 g/mol. The summed E-state index contributed by atoms with van der Waals surface area (Å²) in [6, 6.07) is 5.00. The lowest BCUT2D eigenvalue weighted by molar-refractivity contribution is 0.0526. The molecule has 1 aromatic carbocycles. The van der Waals surface area contributed by atoms with Crippen LogP contribution < -0.4 is 5.32 Å². The number of esters is 1. The number of rotatable bonds is 4. The average molecular weight is 390 g/mol. The Morgan fingerprint density at radius 3 is 2.90 bits per heavy atom. The Labute approximate surface area is 138 Å². The molecule has 0 aliphatic rings. The average Bonchev–Trinajstić information content (AvgIpc) is 2.92. The van der Waals surface area contributed by atoms with Gasteiger partial charge in [-0.1, -0.05) is 11.6 Å². The zero-order valence-electron chi connectivity index (χ0n) is 10.9. The molecule has 1 heterocycles. The highest BCUT2D eigenvalue weighted by Gasteiger charge is 2.17. The molecule has 110 valence electrons. The fraction of sp³-hybridized carbons (Fsp3) is 0.154. The van der Waals surface area contributed by atoms with Crippen LogP contribution in [-0.2, 0) is 4.74 Å². The Hall–Kier alpha value is -1.44. The fourth-order valence-corrected chi connectivity index (χ4v) is 2.91. The van der Waals surface area contributed by atoms with Gasteiger partial charge in [-0.15, -0.1) is 11.3 Å². The van der Waals surface area contributed by atoms with E-state index in [0.29, 0.717) is 15.2 Å².